The van der Waals surface area contributed by atoms with E-state index in [1.54, 1.807) is 16.5 Å². The molecule has 27 heavy (non-hydrogen) atoms. The summed E-state index contributed by atoms with van der Waals surface area (Å²) >= 11 is 0. The Morgan fingerprint density at radius 2 is 2.04 bits per heavy atom. The Bertz CT molecular complexity index is 757. The third-order valence-corrected chi connectivity index (χ3v) is 5.14. The number of rotatable bonds is 6. The minimum absolute atomic E-state index is 0.000410. The van der Waals surface area contributed by atoms with E-state index in [-0.39, 0.29) is 36.4 Å². The maximum atomic E-state index is 12.4. The van der Waals surface area contributed by atoms with Gasteiger partial charge >= 0.3 is 0 Å². The topological polar surface area (TPSA) is 104 Å². The van der Waals surface area contributed by atoms with E-state index < -0.39 is 5.43 Å². The van der Waals surface area contributed by atoms with E-state index in [1.165, 1.54) is 12.3 Å². The molecule has 0 spiro atoms. The van der Waals surface area contributed by atoms with Crippen molar-refractivity contribution in [3.8, 4) is 5.75 Å². The number of carbonyl (C=O) groups excluding carboxylic acids is 2. The molecule has 0 bridgehead atoms. The lowest BCUT2D eigenvalue weighted by molar-refractivity contribution is -0.129. The molecule has 0 saturated carbocycles. The lowest BCUT2D eigenvalue weighted by Gasteiger charge is -2.28. The fraction of sp³-hybridized carbons (Fsp3) is 0.611. The van der Waals surface area contributed by atoms with Crippen molar-refractivity contribution >= 4 is 11.8 Å². The molecule has 1 aromatic heterocycles. The summed E-state index contributed by atoms with van der Waals surface area (Å²) in [4.78, 5) is 40.2. The van der Waals surface area contributed by atoms with E-state index in [9.17, 15) is 19.5 Å². The number of aromatic hydroxyl groups is 1. The molecule has 2 N–H and O–H groups in total. The number of nitrogens with zero attached hydrogens (tertiary/aromatic N) is 3. The fourth-order valence-electron chi connectivity index (χ4n) is 3.41. The number of likely N-dealkylation sites (tertiary alicyclic amines) is 1. The van der Waals surface area contributed by atoms with Crippen molar-refractivity contribution in [2.45, 2.75) is 13.0 Å². The van der Waals surface area contributed by atoms with Gasteiger partial charge in [-0.15, -0.1) is 0 Å². The first-order chi connectivity index (χ1) is 12.9. The zero-order valence-electron chi connectivity index (χ0n) is 15.5. The first-order valence-corrected chi connectivity index (χ1v) is 9.18. The van der Waals surface area contributed by atoms with Crippen molar-refractivity contribution in [3.05, 3.63) is 28.2 Å². The summed E-state index contributed by atoms with van der Waals surface area (Å²) in [6.45, 7) is 5.19. The van der Waals surface area contributed by atoms with Crippen LogP contribution >= 0.6 is 0 Å². The third-order valence-electron chi connectivity index (χ3n) is 5.14. The molecular formula is C18H26N4O5. The number of aryl methyl sites for hydroxylation is 1. The predicted molar refractivity (Wildman–Crippen MR) is 97.1 cm³/mol. The molecule has 0 aromatic carbocycles. The molecule has 3 rings (SSSR count). The Labute approximate surface area is 157 Å². The normalized spacial score (nSPS) is 20.9. The smallest absolute Gasteiger partial charge is 0.225 e. The van der Waals surface area contributed by atoms with Crippen molar-refractivity contribution in [1.29, 1.82) is 0 Å². The second kappa shape index (κ2) is 8.53. The first-order valence-electron chi connectivity index (χ1n) is 9.18. The highest BCUT2D eigenvalue weighted by molar-refractivity contribution is 5.89. The monoisotopic (exact) mass is 378 g/mol. The average molecular weight is 378 g/mol. The van der Waals surface area contributed by atoms with Crippen LogP contribution in [0.5, 0.6) is 5.75 Å². The quantitative estimate of drug-likeness (QED) is 0.650. The summed E-state index contributed by atoms with van der Waals surface area (Å²) in [7, 11) is 1.69. The molecule has 148 valence electrons. The van der Waals surface area contributed by atoms with Crippen LogP contribution in [0.1, 0.15) is 12.1 Å². The van der Waals surface area contributed by atoms with Gasteiger partial charge in [0.1, 0.15) is 0 Å². The molecule has 1 atom stereocenters. The van der Waals surface area contributed by atoms with Crippen LogP contribution in [0.4, 0.5) is 0 Å². The SMILES string of the molecule is Cn1cc(O)c(=O)cc1CNC(=O)C1CC(=O)N(CCN2CCOCC2)C1. The fourth-order valence-corrected chi connectivity index (χ4v) is 3.41. The molecule has 1 unspecified atom stereocenters. The molecule has 0 radical (unpaired) electrons. The first kappa shape index (κ1) is 19.4. The van der Waals surface area contributed by atoms with Gasteiger partial charge in [-0.05, 0) is 0 Å². The van der Waals surface area contributed by atoms with Crippen molar-refractivity contribution in [1.82, 2.24) is 19.7 Å². The lowest BCUT2D eigenvalue weighted by Crippen LogP contribution is -2.42. The van der Waals surface area contributed by atoms with Crippen LogP contribution in [0, 0.1) is 5.92 Å². The van der Waals surface area contributed by atoms with Gasteiger partial charge < -0.3 is 24.6 Å². The summed E-state index contributed by atoms with van der Waals surface area (Å²) in [5, 5.41) is 12.2. The molecule has 9 nitrogen and oxygen atoms in total. The standard InChI is InChI=1S/C18H26N4O5/c1-20-12-16(24)15(23)9-14(20)10-19-18(26)13-8-17(25)22(11-13)3-2-21-4-6-27-7-5-21/h9,12-13,24H,2-8,10-11H2,1H3,(H,19,26). The van der Waals surface area contributed by atoms with Crippen LogP contribution in [0.3, 0.4) is 0 Å². The molecule has 2 amide bonds. The lowest BCUT2D eigenvalue weighted by atomic mass is 10.1. The van der Waals surface area contributed by atoms with E-state index in [1.807, 2.05) is 0 Å². The van der Waals surface area contributed by atoms with Crippen LogP contribution in [-0.2, 0) is 27.9 Å². The highest BCUT2D eigenvalue weighted by Gasteiger charge is 2.34. The molecule has 2 fully saturated rings. The molecule has 2 aliphatic rings. The van der Waals surface area contributed by atoms with E-state index in [0.717, 1.165) is 32.8 Å². The molecule has 9 heteroatoms. The van der Waals surface area contributed by atoms with Gasteiger partial charge in [0, 0.05) is 64.1 Å². The predicted octanol–water partition coefficient (Wildman–Crippen LogP) is -1.11. The Hall–Kier alpha value is -2.39. The Morgan fingerprint density at radius 1 is 1.30 bits per heavy atom. The zero-order valence-corrected chi connectivity index (χ0v) is 15.5. The average Bonchev–Trinajstić information content (AvgIpc) is 3.03. The van der Waals surface area contributed by atoms with Gasteiger partial charge in [0.25, 0.3) is 0 Å². The van der Waals surface area contributed by atoms with Gasteiger partial charge in [0.15, 0.2) is 5.75 Å². The van der Waals surface area contributed by atoms with Crippen LogP contribution in [0.15, 0.2) is 17.1 Å². The van der Waals surface area contributed by atoms with Gasteiger partial charge in [-0.25, -0.2) is 0 Å². The highest BCUT2D eigenvalue weighted by atomic mass is 16.5. The van der Waals surface area contributed by atoms with E-state index in [2.05, 4.69) is 10.2 Å². The number of pyridine rings is 1. The van der Waals surface area contributed by atoms with Crippen molar-refractivity contribution in [2.75, 3.05) is 45.9 Å². The molecule has 2 aliphatic heterocycles. The number of amides is 2. The second-order valence-corrected chi connectivity index (χ2v) is 7.04. The molecule has 1 aromatic rings. The molecule has 2 saturated heterocycles. The number of hydrogen-bond acceptors (Lipinski definition) is 6. The van der Waals surface area contributed by atoms with Crippen molar-refractivity contribution in [3.63, 3.8) is 0 Å². The minimum atomic E-state index is -0.484. The van der Waals surface area contributed by atoms with Crippen LogP contribution in [0.2, 0.25) is 0 Å². The second-order valence-electron chi connectivity index (χ2n) is 7.04. The molecule has 0 aliphatic carbocycles. The summed E-state index contributed by atoms with van der Waals surface area (Å²) < 4.78 is 6.91. The molecule has 3 heterocycles. The minimum Gasteiger partial charge on any atom is -0.503 e. The van der Waals surface area contributed by atoms with E-state index in [0.29, 0.717) is 18.8 Å². The Morgan fingerprint density at radius 3 is 2.78 bits per heavy atom. The zero-order chi connectivity index (χ0) is 19.4. The van der Waals surface area contributed by atoms with Crippen LogP contribution in [-0.4, -0.2) is 77.2 Å². The van der Waals surface area contributed by atoms with Crippen molar-refractivity contribution < 1.29 is 19.4 Å². The van der Waals surface area contributed by atoms with E-state index in [4.69, 9.17) is 4.74 Å². The maximum absolute atomic E-state index is 12.4. The highest BCUT2D eigenvalue weighted by Crippen LogP contribution is 2.18. The summed E-state index contributed by atoms with van der Waals surface area (Å²) in [6, 6.07) is 1.30. The van der Waals surface area contributed by atoms with Crippen LogP contribution < -0.4 is 10.7 Å². The van der Waals surface area contributed by atoms with Crippen LogP contribution in [0.25, 0.3) is 0 Å². The number of aromatic nitrogens is 1. The Balaban J connectivity index is 1.48. The summed E-state index contributed by atoms with van der Waals surface area (Å²) in [6.07, 6.45) is 1.53. The van der Waals surface area contributed by atoms with Crippen molar-refractivity contribution in [2.24, 2.45) is 13.0 Å². The maximum Gasteiger partial charge on any atom is 0.225 e. The van der Waals surface area contributed by atoms with Gasteiger partial charge in [-0.1, -0.05) is 0 Å². The van der Waals surface area contributed by atoms with Gasteiger partial charge in [-0.2, -0.15) is 0 Å². The summed E-state index contributed by atoms with van der Waals surface area (Å²) in [5.41, 5.74) is 0.0994. The third kappa shape index (κ3) is 4.86. The number of carbonyl (C=O) groups is 2. The Kier molecular flexibility index (Phi) is 6.12. The number of ether oxygens (including phenoxy) is 1. The largest absolute Gasteiger partial charge is 0.503 e. The van der Waals surface area contributed by atoms with Gasteiger partial charge in [0.2, 0.25) is 17.2 Å². The summed E-state index contributed by atoms with van der Waals surface area (Å²) in [5.74, 6) is -0.903. The number of hydrogen-bond donors (Lipinski definition) is 2. The molecular weight excluding hydrogens is 352 g/mol. The van der Waals surface area contributed by atoms with E-state index >= 15 is 0 Å². The van der Waals surface area contributed by atoms with Gasteiger partial charge in [-0.3, -0.25) is 19.3 Å². The number of morpholine rings is 1. The number of nitrogens with one attached hydrogen (secondary N) is 1. The van der Waals surface area contributed by atoms with Gasteiger partial charge in [0.05, 0.1) is 25.7 Å².